The maximum Gasteiger partial charge on any atom is 0.137 e. The number of aromatic nitrogens is 2. The summed E-state index contributed by atoms with van der Waals surface area (Å²) in [5.74, 6) is 2.39. The summed E-state index contributed by atoms with van der Waals surface area (Å²) in [5, 5.41) is 6.27. The van der Waals surface area contributed by atoms with E-state index in [4.69, 9.17) is 9.72 Å². The Labute approximate surface area is 436 Å². The predicted molar refractivity (Wildman–Crippen MR) is 314 cm³/mol. The molecule has 73 heavy (non-hydrogen) atoms. The van der Waals surface area contributed by atoms with E-state index in [9.17, 15) is 0 Å². The quantitative estimate of drug-likeness (QED) is 0.157. The van der Waals surface area contributed by atoms with Gasteiger partial charge in [0.25, 0.3) is 0 Å². The van der Waals surface area contributed by atoms with Crippen molar-refractivity contribution in [2.75, 3.05) is 17.3 Å². The fourth-order valence-corrected chi connectivity index (χ4v) is 9.66. The van der Waals surface area contributed by atoms with E-state index in [0.717, 1.165) is 56.5 Å². The lowest BCUT2D eigenvalue weighted by Gasteiger charge is -2.28. The molecular weight excluding hydrogens is 889 g/mol. The molecule has 0 atom stereocenters. The molecule has 0 unspecified atom stereocenters. The summed E-state index contributed by atoms with van der Waals surface area (Å²) in [5.41, 5.74) is 17.4. The Morgan fingerprint density at radius 1 is 0.425 bits per heavy atom. The average Bonchev–Trinajstić information content (AvgIpc) is 3.65. The van der Waals surface area contributed by atoms with Gasteiger partial charge in [-0.1, -0.05) is 177 Å². The fraction of sp³-hybridized carbons (Fsp3) is 0.309. The molecule has 2 heterocycles. The molecule has 5 nitrogen and oxygen atoms in total. The lowest BCUT2D eigenvalue weighted by atomic mass is 9.78. The van der Waals surface area contributed by atoms with E-state index in [1.165, 1.54) is 55.5 Å². The van der Waals surface area contributed by atoms with Crippen molar-refractivity contribution in [3.05, 3.63) is 192 Å². The molecule has 2 aromatic heterocycles. The summed E-state index contributed by atoms with van der Waals surface area (Å²) in [4.78, 5) is 7.25. The number of ether oxygens (including phenoxy) is 1. The molecule has 0 aliphatic rings. The zero-order chi connectivity index (χ0) is 52.4. The van der Waals surface area contributed by atoms with Gasteiger partial charge in [0.1, 0.15) is 17.3 Å². The summed E-state index contributed by atoms with van der Waals surface area (Å²) >= 11 is 0. The van der Waals surface area contributed by atoms with Crippen molar-refractivity contribution in [3.63, 3.8) is 0 Å². The highest BCUT2D eigenvalue weighted by Crippen LogP contribution is 2.43. The Morgan fingerprint density at radius 3 is 1.67 bits per heavy atom. The van der Waals surface area contributed by atoms with Crippen LogP contribution < -0.4 is 15.0 Å². The van der Waals surface area contributed by atoms with Crippen molar-refractivity contribution in [1.29, 1.82) is 0 Å². The van der Waals surface area contributed by atoms with Crippen LogP contribution in [0.5, 0.6) is 11.5 Å². The van der Waals surface area contributed by atoms with E-state index in [2.05, 4.69) is 277 Å². The van der Waals surface area contributed by atoms with Crippen molar-refractivity contribution >= 4 is 44.6 Å². The monoisotopic (exact) mass is 965 g/mol. The molecule has 9 aromatic rings. The van der Waals surface area contributed by atoms with Crippen LogP contribution in [0.4, 0.5) is 22.7 Å². The van der Waals surface area contributed by atoms with Crippen LogP contribution in [0, 0.1) is 0 Å². The molecule has 0 spiro atoms. The van der Waals surface area contributed by atoms with Crippen LogP contribution in [0.3, 0.4) is 0 Å². The molecule has 374 valence electrons. The SMILES string of the molecule is CN(c1cccc(Oc2ccc3c4cc(-c5ccccc5)ccc4n(-c4cc(C(C)(C)C)ccn4)c3c2)c1)c1cc(C(C)(C)C)ccc1Nc1cc(-c2cc(C(C)(C)C)cc(C(C)(C)C)c2)cc(C(C)(C)C)c1. The van der Waals surface area contributed by atoms with E-state index in [1.54, 1.807) is 0 Å². The first-order chi connectivity index (χ1) is 34.2. The second kappa shape index (κ2) is 18.7. The number of nitrogens with zero attached hydrogens (tertiary/aromatic N) is 3. The molecular formula is C68H76N4O. The molecule has 1 N–H and O–H groups in total. The third-order valence-electron chi connectivity index (χ3n) is 14.4. The molecule has 0 bridgehead atoms. The molecule has 0 radical (unpaired) electrons. The fourth-order valence-electron chi connectivity index (χ4n) is 9.66. The second-order valence-corrected chi connectivity index (χ2v) is 25.4. The highest BCUT2D eigenvalue weighted by atomic mass is 16.5. The standard InChI is InChI=1S/C68H76N4O/c1-64(2,3)48-26-29-59(70-53-36-47(35-52(39-53)68(13,14)15)46-33-50(66(7,8)9)38-51(34-46)67(10,11)12)62(40-48)71(16)54-23-20-24-55(42-54)73-56-27-28-57-58-37-45(44-21-18-17-19-22-44)25-30-60(58)72(61(57)43-56)63-41-49(31-32-69-63)65(4,5)6/h17-43,70H,1-16H3. The molecule has 0 aliphatic carbocycles. The predicted octanol–water partition coefficient (Wildman–Crippen LogP) is 19.3. The Bertz CT molecular complexity index is 3450. The second-order valence-electron chi connectivity index (χ2n) is 25.4. The summed E-state index contributed by atoms with van der Waals surface area (Å²) < 4.78 is 9.14. The number of fused-ring (bicyclic) bond motifs is 3. The molecule has 7 aromatic carbocycles. The van der Waals surface area contributed by atoms with Gasteiger partial charge in [-0.25, -0.2) is 4.98 Å². The van der Waals surface area contributed by atoms with Gasteiger partial charge >= 0.3 is 0 Å². The molecule has 0 fully saturated rings. The van der Waals surface area contributed by atoms with Crippen molar-refractivity contribution in [1.82, 2.24) is 9.55 Å². The number of hydrogen-bond acceptors (Lipinski definition) is 4. The normalized spacial score (nSPS) is 12.7. The number of benzene rings is 7. The number of nitrogens with one attached hydrogen (secondary N) is 1. The molecule has 0 saturated carbocycles. The first-order valence-corrected chi connectivity index (χ1v) is 26.1. The lowest BCUT2D eigenvalue weighted by Crippen LogP contribution is -2.17. The van der Waals surface area contributed by atoms with Gasteiger partial charge < -0.3 is 15.0 Å². The Kier molecular flexibility index (Phi) is 13.0. The highest BCUT2D eigenvalue weighted by Gasteiger charge is 2.25. The first kappa shape index (κ1) is 50.8. The van der Waals surface area contributed by atoms with Gasteiger partial charge in [-0.2, -0.15) is 0 Å². The van der Waals surface area contributed by atoms with E-state index in [0.29, 0.717) is 0 Å². The van der Waals surface area contributed by atoms with Crippen LogP contribution >= 0.6 is 0 Å². The van der Waals surface area contributed by atoms with Crippen LogP contribution in [0.2, 0.25) is 0 Å². The van der Waals surface area contributed by atoms with Crippen LogP contribution in [-0.4, -0.2) is 16.6 Å². The zero-order valence-corrected chi connectivity index (χ0v) is 46.3. The van der Waals surface area contributed by atoms with Gasteiger partial charge in [-0.3, -0.25) is 4.57 Å². The lowest BCUT2D eigenvalue weighted by molar-refractivity contribution is 0.483. The van der Waals surface area contributed by atoms with Gasteiger partial charge in [-0.05, 0) is 150 Å². The van der Waals surface area contributed by atoms with Gasteiger partial charge in [0, 0.05) is 47.5 Å². The molecule has 0 amide bonds. The van der Waals surface area contributed by atoms with Gasteiger partial charge in [0.05, 0.1) is 22.4 Å². The number of rotatable bonds is 9. The summed E-state index contributed by atoms with van der Waals surface area (Å²) in [6.07, 6.45) is 1.93. The summed E-state index contributed by atoms with van der Waals surface area (Å²) in [6, 6.07) is 57.7. The molecule has 5 heteroatoms. The summed E-state index contributed by atoms with van der Waals surface area (Å²) in [7, 11) is 2.15. The van der Waals surface area contributed by atoms with E-state index in [-0.39, 0.29) is 27.1 Å². The maximum absolute atomic E-state index is 6.86. The third kappa shape index (κ3) is 10.8. The highest BCUT2D eigenvalue weighted by molar-refractivity contribution is 6.10. The topological polar surface area (TPSA) is 42.3 Å². The van der Waals surface area contributed by atoms with Crippen LogP contribution in [-0.2, 0) is 27.1 Å². The van der Waals surface area contributed by atoms with E-state index >= 15 is 0 Å². The number of anilines is 4. The van der Waals surface area contributed by atoms with Gasteiger partial charge in [0.15, 0.2) is 0 Å². The minimum Gasteiger partial charge on any atom is -0.457 e. The van der Waals surface area contributed by atoms with Crippen molar-refractivity contribution in [3.8, 4) is 39.6 Å². The molecule has 9 rings (SSSR count). The van der Waals surface area contributed by atoms with Crippen molar-refractivity contribution in [2.45, 2.75) is 131 Å². The van der Waals surface area contributed by atoms with Crippen LogP contribution in [0.1, 0.15) is 132 Å². The Balaban J connectivity index is 1.10. The molecule has 0 aliphatic heterocycles. The van der Waals surface area contributed by atoms with Gasteiger partial charge in [0.2, 0.25) is 0 Å². The Morgan fingerprint density at radius 2 is 1.03 bits per heavy atom. The van der Waals surface area contributed by atoms with Crippen LogP contribution in [0.15, 0.2) is 164 Å². The minimum absolute atomic E-state index is 0.00878. The number of pyridine rings is 1. The maximum atomic E-state index is 6.86. The Hall–Kier alpha value is -7.11. The first-order valence-electron chi connectivity index (χ1n) is 26.1. The van der Waals surface area contributed by atoms with E-state index < -0.39 is 0 Å². The molecule has 0 saturated heterocycles. The van der Waals surface area contributed by atoms with E-state index in [1.807, 2.05) is 12.3 Å². The average molecular weight is 965 g/mol. The smallest absolute Gasteiger partial charge is 0.137 e. The van der Waals surface area contributed by atoms with Gasteiger partial charge in [-0.15, -0.1) is 0 Å². The van der Waals surface area contributed by atoms with Crippen molar-refractivity contribution < 1.29 is 4.74 Å². The minimum atomic E-state index is -0.0711. The zero-order valence-electron chi connectivity index (χ0n) is 46.3. The number of hydrogen-bond donors (Lipinski definition) is 1. The van der Waals surface area contributed by atoms with Crippen molar-refractivity contribution in [2.24, 2.45) is 0 Å². The third-order valence-corrected chi connectivity index (χ3v) is 14.4. The largest absolute Gasteiger partial charge is 0.457 e. The summed E-state index contributed by atoms with van der Waals surface area (Å²) in [6.45, 7) is 34.3. The van der Waals surface area contributed by atoms with Crippen LogP contribution in [0.25, 0.3) is 49.9 Å².